The molecule has 0 saturated carbocycles. The van der Waals surface area contributed by atoms with Crippen LogP contribution >= 0.6 is 7.82 Å². The number of phosphoric acid groups is 1. The molecule has 14 heteroatoms. The molecule has 13 nitrogen and oxygen atoms in total. The highest BCUT2D eigenvalue weighted by Crippen LogP contribution is 2.43. The molecule has 1 aliphatic rings. The molecule has 2 heterocycles. The predicted molar refractivity (Wildman–Crippen MR) is 118 cm³/mol. The van der Waals surface area contributed by atoms with E-state index in [1.165, 1.54) is 25.5 Å². The van der Waals surface area contributed by atoms with Crippen LogP contribution in [0, 0.1) is 0 Å². The van der Waals surface area contributed by atoms with E-state index in [0.29, 0.717) is 13.1 Å². The Morgan fingerprint density at radius 1 is 1.36 bits per heavy atom. The van der Waals surface area contributed by atoms with Gasteiger partial charge >= 0.3 is 13.5 Å². The number of phosphoric ester groups is 1. The van der Waals surface area contributed by atoms with E-state index in [4.69, 9.17) is 29.5 Å². The molecule has 0 bridgehead atoms. The summed E-state index contributed by atoms with van der Waals surface area (Å²) < 4.78 is 27.7. The van der Waals surface area contributed by atoms with E-state index in [9.17, 15) is 18.9 Å². The van der Waals surface area contributed by atoms with Gasteiger partial charge < -0.3 is 30.3 Å². The van der Waals surface area contributed by atoms with Gasteiger partial charge in [0.1, 0.15) is 18.4 Å². The van der Waals surface area contributed by atoms with Gasteiger partial charge in [-0.2, -0.15) is 0 Å². The highest BCUT2D eigenvalue weighted by molar-refractivity contribution is 7.46. The van der Waals surface area contributed by atoms with E-state index in [0.717, 1.165) is 30.3 Å². The lowest BCUT2D eigenvalue weighted by molar-refractivity contribution is -0.116. The molecule has 0 aliphatic carbocycles. The first-order chi connectivity index (χ1) is 15.6. The van der Waals surface area contributed by atoms with Crippen LogP contribution in [0.2, 0.25) is 0 Å². The fourth-order valence-electron chi connectivity index (χ4n) is 3.37. The molecule has 0 aromatic carbocycles. The van der Waals surface area contributed by atoms with Gasteiger partial charge in [-0.3, -0.25) is 23.7 Å². The topological polar surface area (TPSA) is 195 Å². The van der Waals surface area contributed by atoms with Crippen molar-refractivity contribution in [2.24, 2.45) is 5.73 Å². The van der Waals surface area contributed by atoms with Crippen molar-refractivity contribution in [3.8, 4) is 0 Å². The van der Waals surface area contributed by atoms with Crippen molar-refractivity contribution < 1.29 is 33.1 Å². The summed E-state index contributed by atoms with van der Waals surface area (Å²) in [6.07, 6.45) is 4.43. The second-order valence-corrected chi connectivity index (χ2v) is 8.72. The fourth-order valence-corrected chi connectivity index (χ4v) is 3.94. The number of nitrogens with zero attached hydrogens (tertiary/aromatic N) is 1. The normalized spacial score (nSPS) is 21.0. The van der Waals surface area contributed by atoms with Gasteiger partial charge in [-0.1, -0.05) is 12.8 Å². The summed E-state index contributed by atoms with van der Waals surface area (Å²) in [6, 6.07) is 0. The molecule has 1 aromatic rings. The van der Waals surface area contributed by atoms with Crippen LogP contribution in [0.4, 0.5) is 0 Å². The Hall–Kier alpha value is -2.12. The van der Waals surface area contributed by atoms with Crippen molar-refractivity contribution in [2.75, 3.05) is 26.8 Å². The van der Waals surface area contributed by atoms with Gasteiger partial charge in [0.25, 0.3) is 5.56 Å². The molecule has 6 N–H and O–H groups in total. The Balaban J connectivity index is 2.08. The lowest BCUT2D eigenvalue weighted by Gasteiger charge is -2.18. The van der Waals surface area contributed by atoms with Crippen LogP contribution in [-0.4, -0.2) is 64.3 Å². The number of hydrogen-bond acceptors (Lipinski definition) is 8. The van der Waals surface area contributed by atoms with Crippen LogP contribution in [0.3, 0.4) is 0 Å². The summed E-state index contributed by atoms with van der Waals surface area (Å²) in [5.74, 6) is -0.390. The number of H-pyrrole nitrogens is 1. The number of unbranched alkanes of at least 4 members (excludes halogenated alkanes) is 3. The summed E-state index contributed by atoms with van der Waals surface area (Å²) >= 11 is 0. The first-order valence-electron chi connectivity index (χ1n) is 10.5. The number of aromatic amines is 1. The highest BCUT2D eigenvalue weighted by atomic mass is 31.2. The Bertz CT molecular complexity index is 971. The van der Waals surface area contributed by atoms with Crippen LogP contribution in [0.1, 0.15) is 43.9 Å². The van der Waals surface area contributed by atoms with E-state index < -0.39 is 43.4 Å². The van der Waals surface area contributed by atoms with Gasteiger partial charge in [-0.25, -0.2) is 9.36 Å². The minimum Gasteiger partial charge on any atom is -0.382 e. The molecular formula is C19H31N4O9P. The second-order valence-electron chi connectivity index (χ2n) is 7.53. The second kappa shape index (κ2) is 12.9. The molecule has 2 rings (SSSR count). The number of aromatic nitrogens is 2. The van der Waals surface area contributed by atoms with Crippen LogP contribution in [0.15, 0.2) is 21.9 Å². The van der Waals surface area contributed by atoms with E-state index >= 15 is 0 Å². The van der Waals surface area contributed by atoms with Crippen molar-refractivity contribution in [2.45, 2.75) is 50.5 Å². The number of nitrogens with two attached hydrogens (primary N) is 1. The number of carbonyl (C=O) groups excluding carboxylic acids is 1. The highest BCUT2D eigenvalue weighted by Gasteiger charge is 2.41. The average molecular weight is 490 g/mol. The van der Waals surface area contributed by atoms with Gasteiger partial charge in [0.15, 0.2) is 0 Å². The van der Waals surface area contributed by atoms with Crippen molar-refractivity contribution in [3.05, 3.63) is 38.7 Å². The maximum atomic E-state index is 12.3. The summed E-state index contributed by atoms with van der Waals surface area (Å²) in [4.78, 5) is 56.8. The van der Waals surface area contributed by atoms with E-state index in [1.54, 1.807) is 0 Å². The van der Waals surface area contributed by atoms with Gasteiger partial charge in [-0.15, -0.1) is 0 Å². The smallest absolute Gasteiger partial charge is 0.382 e. The van der Waals surface area contributed by atoms with Crippen LogP contribution in [0.25, 0.3) is 6.08 Å². The monoisotopic (exact) mass is 490 g/mol. The molecule has 0 radical (unpaired) electrons. The largest absolute Gasteiger partial charge is 0.469 e. The standard InChI is InChI=1S/C19H31N4O9P/c1-30-12-15-14(32-33(27,28)29)10-17(31-15)23-11-13(18(25)22-19(23)26)6-7-16(24)21-9-5-3-2-4-8-20/h6-7,11,14-15,17H,2-5,8-10,12,20H2,1H3,(H,21,24)(H,22,25,26)(H2,27,28,29)/b7-6+/t14-,15?,17-/m1/s1. The average Bonchev–Trinajstić information content (AvgIpc) is 3.10. The van der Waals surface area contributed by atoms with Crippen molar-refractivity contribution >= 4 is 19.8 Å². The molecule has 1 saturated heterocycles. The molecule has 33 heavy (non-hydrogen) atoms. The molecule has 1 aromatic heterocycles. The molecule has 1 unspecified atom stereocenters. The first kappa shape index (κ1) is 27.1. The summed E-state index contributed by atoms with van der Waals surface area (Å²) in [7, 11) is -3.42. The third kappa shape index (κ3) is 8.97. The zero-order valence-corrected chi connectivity index (χ0v) is 19.2. The van der Waals surface area contributed by atoms with Gasteiger partial charge in [0.2, 0.25) is 5.91 Å². The molecule has 0 spiro atoms. The predicted octanol–water partition coefficient (Wildman–Crippen LogP) is -0.403. The number of rotatable bonds is 13. The van der Waals surface area contributed by atoms with Gasteiger partial charge in [0.05, 0.1) is 12.2 Å². The fraction of sp³-hybridized carbons (Fsp3) is 0.632. The quantitative estimate of drug-likeness (QED) is 0.138. The van der Waals surface area contributed by atoms with Crippen molar-refractivity contribution in [1.82, 2.24) is 14.9 Å². The number of nitrogens with one attached hydrogen (secondary N) is 2. The van der Waals surface area contributed by atoms with Crippen LogP contribution in [-0.2, 0) is 23.4 Å². The number of methoxy groups -OCH3 is 1. The Morgan fingerprint density at radius 2 is 2.09 bits per heavy atom. The Kier molecular flexibility index (Phi) is 10.6. The molecule has 1 amide bonds. The summed E-state index contributed by atoms with van der Waals surface area (Å²) in [5.41, 5.74) is 3.98. The minimum atomic E-state index is -4.80. The number of hydrogen-bond donors (Lipinski definition) is 5. The van der Waals surface area contributed by atoms with Crippen LogP contribution in [0.5, 0.6) is 0 Å². The molecule has 3 atom stereocenters. The lowest BCUT2D eigenvalue weighted by Crippen LogP contribution is -2.33. The number of amides is 1. The zero-order chi connectivity index (χ0) is 24.4. The molecule has 186 valence electrons. The summed E-state index contributed by atoms with van der Waals surface area (Å²) in [6.45, 7) is 1.10. The zero-order valence-electron chi connectivity index (χ0n) is 18.3. The maximum absolute atomic E-state index is 12.3. The SMILES string of the molecule is COCC1O[C@@H](n2cc(/C=C/C(=O)NCCCCCCN)c(=O)[nH]c2=O)C[C@H]1OP(=O)(O)O. The maximum Gasteiger partial charge on any atom is 0.469 e. The molecular weight excluding hydrogens is 459 g/mol. The number of carbonyl (C=O) groups is 1. The Morgan fingerprint density at radius 3 is 2.76 bits per heavy atom. The van der Waals surface area contributed by atoms with Gasteiger partial charge in [-0.05, 0) is 25.5 Å². The van der Waals surface area contributed by atoms with E-state index in [1.807, 2.05) is 0 Å². The lowest BCUT2D eigenvalue weighted by atomic mass is 10.2. The van der Waals surface area contributed by atoms with Crippen LogP contribution < -0.4 is 22.3 Å². The van der Waals surface area contributed by atoms with Crippen molar-refractivity contribution in [3.63, 3.8) is 0 Å². The van der Waals surface area contributed by atoms with E-state index in [2.05, 4.69) is 10.3 Å². The van der Waals surface area contributed by atoms with Gasteiger partial charge in [0, 0.05) is 32.3 Å². The van der Waals surface area contributed by atoms with Crippen molar-refractivity contribution in [1.29, 1.82) is 0 Å². The molecule has 1 aliphatic heterocycles. The minimum absolute atomic E-state index is 0.0268. The van der Waals surface area contributed by atoms with E-state index in [-0.39, 0.29) is 18.6 Å². The first-order valence-corrected chi connectivity index (χ1v) is 12.1. The Labute approximate surface area is 190 Å². The molecule has 1 fully saturated rings. The number of ether oxygens (including phenoxy) is 2. The summed E-state index contributed by atoms with van der Waals surface area (Å²) in [5, 5.41) is 2.71. The third-order valence-electron chi connectivity index (χ3n) is 4.93. The third-order valence-corrected chi connectivity index (χ3v) is 5.48.